The number of rotatable bonds is 10. The fourth-order valence-electron chi connectivity index (χ4n) is 14.6. The lowest BCUT2D eigenvalue weighted by atomic mass is 9.33. The van der Waals surface area contributed by atoms with E-state index in [1.807, 2.05) is 72.0 Å². The molecule has 0 spiro atoms. The summed E-state index contributed by atoms with van der Waals surface area (Å²) in [6.45, 7) is -0.0243. The number of para-hydroxylation sites is 5. The smallest absolute Gasteiger partial charge is 0.252 e. The number of fused-ring (bicyclic) bond motifs is 11. The molecule has 10 heteroatoms. The number of anilines is 6. The summed E-state index contributed by atoms with van der Waals surface area (Å²) in [5.74, 6) is 2.32. The molecule has 0 fully saturated rings. The second kappa shape index (κ2) is 22.2. The van der Waals surface area contributed by atoms with Crippen molar-refractivity contribution in [1.82, 2.24) is 29.5 Å². The minimum Gasteiger partial charge on any atom is -0.311 e. The van der Waals surface area contributed by atoms with Crippen molar-refractivity contribution in [2.45, 2.75) is 0 Å². The van der Waals surface area contributed by atoms with E-state index >= 15 is 0 Å². The monoisotopic (exact) mass is 1230 g/mol. The fraction of sp³-hybridized carbons (Fsp3) is 0. The molecule has 0 atom stereocenters. The van der Waals surface area contributed by atoms with Crippen LogP contribution in [0.4, 0.5) is 34.1 Å². The average Bonchev–Trinajstić information content (AvgIpc) is 1.51. The number of thiophene rings is 1. The van der Waals surface area contributed by atoms with Crippen LogP contribution in [0.1, 0.15) is 0 Å². The molecule has 13 aromatic carbocycles. The van der Waals surface area contributed by atoms with Gasteiger partial charge in [-0.05, 0) is 107 Å². The first-order valence-corrected chi connectivity index (χ1v) is 32.9. The molecule has 442 valence electrons. The predicted octanol–water partition coefficient (Wildman–Crippen LogP) is 19.9. The molecule has 0 saturated carbocycles. The summed E-state index contributed by atoms with van der Waals surface area (Å²) >= 11 is 1.86. The molecule has 2 aliphatic rings. The number of benzene rings is 13. The van der Waals surface area contributed by atoms with Crippen LogP contribution in [0.3, 0.4) is 0 Å². The summed E-state index contributed by atoms with van der Waals surface area (Å²) < 4.78 is 4.95. The molecule has 0 unspecified atom stereocenters. The molecule has 8 nitrogen and oxygen atoms in total. The molecule has 6 heterocycles. The molecule has 19 rings (SSSR count). The Morgan fingerprint density at radius 2 is 0.789 bits per heavy atom. The fourth-order valence-corrected chi connectivity index (χ4v) is 15.9. The molecule has 4 aromatic heterocycles. The molecule has 2 aliphatic heterocycles. The van der Waals surface area contributed by atoms with Crippen LogP contribution < -0.4 is 26.2 Å². The summed E-state index contributed by atoms with van der Waals surface area (Å²) in [6.07, 6.45) is 0. The van der Waals surface area contributed by atoms with Crippen molar-refractivity contribution in [3.05, 3.63) is 322 Å². The highest BCUT2D eigenvalue weighted by Gasteiger charge is 2.44. The van der Waals surface area contributed by atoms with Crippen LogP contribution in [0.15, 0.2) is 322 Å². The number of hydrogen-bond donors (Lipinski definition) is 0. The highest BCUT2D eigenvalue weighted by Crippen LogP contribution is 2.49. The van der Waals surface area contributed by atoms with Crippen molar-refractivity contribution in [3.8, 4) is 84.9 Å². The highest BCUT2D eigenvalue weighted by atomic mass is 32.1. The Morgan fingerprint density at radius 1 is 0.295 bits per heavy atom. The summed E-state index contributed by atoms with van der Waals surface area (Å²) in [5, 5.41) is 4.92. The second-order valence-electron chi connectivity index (χ2n) is 24.2. The molecule has 17 aromatic rings. The summed E-state index contributed by atoms with van der Waals surface area (Å²) in [4.78, 5) is 31.8. The van der Waals surface area contributed by atoms with E-state index in [0.29, 0.717) is 23.3 Å². The number of hydrogen-bond acceptors (Lipinski definition) is 8. The second-order valence-corrected chi connectivity index (χ2v) is 25.3. The third kappa shape index (κ3) is 8.94. The third-order valence-corrected chi connectivity index (χ3v) is 20.1. The van der Waals surface area contributed by atoms with Gasteiger partial charge in [-0.3, -0.25) is 0 Å². The minimum absolute atomic E-state index is 0.0243. The van der Waals surface area contributed by atoms with Crippen molar-refractivity contribution in [3.63, 3.8) is 0 Å². The maximum absolute atomic E-state index is 5.73. The summed E-state index contributed by atoms with van der Waals surface area (Å²) in [7, 11) is 0. The van der Waals surface area contributed by atoms with Gasteiger partial charge in [-0.25, -0.2) is 24.9 Å². The Labute approximate surface area is 552 Å². The molecule has 95 heavy (non-hydrogen) atoms. The number of nitrogens with zero attached hydrogens (tertiary/aromatic N) is 8. The molecule has 0 bridgehead atoms. The standard InChI is InChI=1S/C85H53BN8S/c1-6-24-55(25-7-1)69-53-70(88-82(87-69)58-44-42-54(43-45-58)62-47-51-76-79-80(62)93(61-32-14-5-15-33-61)74-40-22-19-37-68(74)86(79)67-36-18-21-39-73(67)92(76)60-30-12-4-13-31-60)66-52-59(85-90-83(56-26-8-2-9-27-56)89-84(91-85)57-28-10-3-11-29-57)46-49-72(66)94-71-38-20-16-35-65(71)78-75(94)50-48-64-63-34-17-23-41-77(63)95-81(64)78/h1-53H. The van der Waals surface area contributed by atoms with Gasteiger partial charge in [0.15, 0.2) is 23.3 Å². The molecule has 0 amide bonds. The maximum Gasteiger partial charge on any atom is 0.252 e. The first kappa shape index (κ1) is 54.4. The number of aromatic nitrogens is 6. The van der Waals surface area contributed by atoms with E-state index in [0.717, 1.165) is 101 Å². The van der Waals surface area contributed by atoms with Gasteiger partial charge in [0.1, 0.15) is 0 Å². The first-order chi connectivity index (χ1) is 47.1. The SMILES string of the molecule is c1ccc(-c2cc(-c3cc(-c4nc(-c5ccccc5)nc(-c5ccccc5)n4)ccc3-n3c4ccccc4c4c5sc6ccccc6c5ccc43)nc(-c3ccc(-c4ccc5c6c4N(c4ccccc4)c4ccccc4B6c4ccccc4N5c4ccccc4)cc3)n2)cc1. The van der Waals surface area contributed by atoms with Crippen molar-refractivity contribution in [2.75, 3.05) is 9.80 Å². The first-order valence-electron chi connectivity index (χ1n) is 32.1. The van der Waals surface area contributed by atoms with E-state index < -0.39 is 0 Å². The van der Waals surface area contributed by atoms with Crippen LogP contribution >= 0.6 is 11.3 Å². The molecule has 0 N–H and O–H groups in total. The quantitative estimate of drug-likeness (QED) is 0.126. The Bertz CT molecular complexity index is 5790. The van der Waals surface area contributed by atoms with Gasteiger partial charge in [0.25, 0.3) is 6.71 Å². The predicted molar refractivity (Wildman–Crippen MR) is 395 cm³/mol. The van der Waals surface area contributed by atoms with Gasteiger partial charge in [0.2, 0.25) is 0 Å². The summed E-state index contributed by atoms with van der Waals surface area (Å²) in [5.41, 5.74) is 22.9. The van der Waals surface area contributed by atoms with Crippen LogP contribution in [-0.4, -0.2) is 36.2 Å². The van der Waals surface area contributed by atoms with Crippen molar-refractivity contribution in [2.24, 2.45) is 0 Å². The van der Waals surface area contributed by atoms with Crippen molar-refractivity contribution in [1.29, 1.82) is 0 Å². The Kier molecular flexibility index (Phi) is 12.7. The van der Waals surface area contributed by atoms with Crippen LogP contribution in [0.25, 0.3) is 127 Å². The van der Waals surface area contributed by atoms with E-state index in [1.165, 1.54) is 53.0 Å². The zero-order valence-corrected chi connectivity index (χ0v) is 52.0. The Morgan fingerprint density at radius 3 is 1.46 bits per heavy atom. The zero-order valence-electron chi connectivity index (χ0n) is 51.2. The third-order valence-electron chi connectivity index (χ3n) is 18.9. The normalized spacial score (nSPS) is 12.4. The van der Waals surface area contributed by atoms with Crippen molar-refractivity contribution >= 4 is 111 Å². The minimum atomic E-state index is -0.0243. The van der Waals surface area contributed by atoms with Crippen LogP contribution in [0.5, 0.6) is 0 Å². The average molecular weight is 1230 g/mol. The summed E-state index contributed by atoms with van der Waals surface area (Å²) in [6, 6.07) is 115. The lowest BCUT2D eigenvalue weighted by Crippen LogP contribution is -2.61. The largest absolute Gasteiger partial charge is 0.311 e. The zero-order chi connectivity index (χ0) is 62.5. The van der Waals surface area contributed by atoms with Gasteiger partial charge >= 0.3 is 0 Å². The van der Waals surface area contributed by atoms with E-state index in [2.05, 4.69) is 275 Å². The van der Waals surface area contributed by atoms with Gasteiger partial charge < -0.3 is 14.4 Å². The van der Waals surface area contributed by atoms with Gasteiger partial charge in [0, 0.05) is 98.3 Å². The van der Waals surface area contributed by atoms with Crippen LogP contribution in [0, 0.1) is 0 Å². The van der Waals surface area contributed by atoms with E-state index in [4.69, 9.17) is 24.9 Å². The molecular formula is C85H53BN8S. The van der Waals surface area contributed by atoms with Gasteiger partial charge in [-0.15, -0.1) is 11.3 Å². The van der Waals surface area contributed by atoms with Crippen molar-refractivity contribution < 1.29 is 0 Å². The molecular weight excluding hydrogens is 1180 g/mol. The van der Waals surface area contributed by atoms with Crippen LogP contribution in [0.2, 0.25) is 0 Å². The lowest BCUT2D eigenvalue weighted by Gasteiger charge is -2.45. The van der Waals surface area contributed by atoms with Gasteiger partial charge in [-0.2, -0.15) is 0 Å². The van der Waals surface area contributed by atoms with E-state index in [1.54, 1.807) is 0 Å². The van der Waals surface area contributed by atoms with E-state index in [9.17, 15) is 0 Å². The topological polar surface area (TPSA) is 75.9 Å². The lowest BCUT2D eigenvalue weighted by molar-refractivity contribution is 1.07. The molecule has 0 aliphatic carbocycles. The maximum atomic E-state index is 5.73. The molecule has 0 radical (unpaired) electrons. The Hall–Kier alpha value is -12.4. The van der Waals surface area contributed by atoms with Crippen LogP contribution in [-0.2, 0) is 0 Å². The highest BCUT2D eigenvalue weighted by molar-refractivity contribution is 7.26. The Balaban J connectivity index is 0.826. The van der Waals surface area contributed by atoms with Gasteiger partial charge in [0.05, 0.1) is 33.8 Å². The van der Waals surface area contributed by atoms with Gasteiger partial charge in [-0.1, -0.05) is 237 Å². The molecule has 0 saturated heterocycles. The van der Waals surface area contributed by atoms with E-state index in [-0.39, 0.29) is 6.71 Å².